The van der Waals surface area contributed by atoms with E-state index < -0.39 is 12.1 Å². The molecule has 0 saturated heterocycles. The Kier molecular flexibility index (Phi) is 3.13. The first kappa shape index (κ1) is 11.6. The molecule has 1 aliphatic heterocycles. The predicted molar refractivity (Wildman–Crippen MR) is 61.4 cm³/mol. The molecule has 0 aromatic heterocycles. The summed E-state index contributed by atoms with van der Waals surface area (Å²) in [5, 5.41) is 8.86. The van der Waals surface area contributed by atoms with Crippen LogP contribution in [0.2, 0.25) is 0 Å². The van der Waals surface area contributed by atoms with Crippen LogP contribution in [0.1, 0.15) is 35.7 Å². The van der Waals surface area contributed by atoms with Crippen LogP contribution >= 0.6 is 0 Å². The highest BCUT2D eigenvalue weighted by Crippen LogP contribution is 2.30. The van der Waals surface area contributed by atoms with Gasteiger partial charge in [-0.2, -0.15) is 0 Å². The normalized spacial score (nSPS) is 17.4. The van der Waals surface area contributed by atoms with Crippen LogP contribution in [0.5, 0.6) is 5.75 Å². The van der Waals surface area contributed by atoms with Gasteiger partial charge < -0.3 is 9.84 Å². The second-order valence-electron chi connectivity index (χ2n) is 4.14. The summed E-state index contributed by atoms with van der Waals surface area (Å²) in [4.78, 5) is 22.5. The summed E-state index contributed by atoms with van der Waals surface area (Å²) in [6.07, 6.45) is 0.839. The minimum atomic E-state index is -0.970. The molecule has 0 fully saturated rings. The molecule has 1 heterocycles. The number of hydrogen-bond donors (Lipinski definition) is 1. The molecule has 90 valence electrons. The molecule has 1 atom stereocenters. The number of rotatable bonds is 4. The topological polar surface area (TPSA) is 63.6 Å². The molecular formula is C13H14O4. The zero-order valence-electron chi connectivity index (χ0n) is 9.60. The van der Waals surface area contributed by atoms with Gasteiger partial charge in [0.2, 0.25) is 0 Å². The van der Waals surface area contributed by atoms with E-state index in [0.29, 0.717) is 24.2 Å². The summed E-state index contributed by atoms with van der Waals surface area (Å²) >= 11 is 0. The fraction of sp³-hybridized carbons (Fsp3) is 0.385. The van der Waals surface area contributed by atoms with E-state index in [9.17, 15) is 9.59 Å². The van der Waals surface area contributed by atoms with Crippen molar-refractivity contribution >= 4 is 11.8 Å². The molecule has 1 N–H and O–H groups in total. The lowest BCUT2D eigenvalue weighted by molar-refractivity contribution is -0.144. The van der Waals surface area contributed by atoms with Gasteiger partial charge in [-0.1, -0.05) is 6.92 Å². The molecule has 0 saturated carbocycles. The van der Waals surface area contributed by atoms with Gasteiger partial charge in [-0.3, -0.25) is 4.79 Å². The van der Waals surface area contributed by atoms with Crippen LogP contribution in [0.15, 0.2) is 18.2 Å². The van der Waals surface area contributed by atoms with Crippen LogP contribution in [-0.4, -0.2) is 23.0 Å². The Balaban J connectivity index is 2.21. The maximum atomic E-state index is 11.7. The number of fused-ring (bicyclic) bond motifs is 1. The van der Waals surface area contributed by atoms with Crippen LogP contribution in [0.25, 0.3) is 0 Å². The number of carboxylic acids is 1. The predicted octanol–water partition coefficient (Wildman–Crippen LogP) is 2.06. The Hall–Kier alpha value is -1.84. The molecule has 1 aromatic rings. The molecule has 0 spiro atoms. The fourth-order valence-corrected chi connectivity index (χ4v) is 1.93. The maximum Gasteiger partial charge on any atom is 0.345 e. The van der Waals surface area contributed by atoms with Gasteiger partial charge >= 0.3 is 5.97 Å². The van der Waals surface area contributed by atoms with E-state index in [1.165, 1.54) is 0 Å². The molecule has 17 heavy (non-hydrogen) atoms. The Morgan fingerprint density at radius 3 is 2.88 bits per heavy atom. The van der Waals surface area contributed by atoms with Gasteiger partial charge in [0.25, 0.3) is 0 Å². The summed E-state index contributed by atoms with van der Waals surface area (Å²) in [6.45, 7) is 1.95. The Morgan fingerprint density at radius 2 is 2.24 bits per heavy atom. The summed E-state index contributed by atoms with van der Waals surface area (Å²) in [6, 6.07) is 5.12. The first-order valence-corrected chi connectivity index (χ1v) is 5.67. The van der Waals surface area contributed by atoms with E-state index in [4.69, 9.17) is 9.84 Å². The van der Waals surface area contributed by atoms with E-state index in [1.54, 1.807) is 18.2 Å². The van der Waals surface area contributed by atoms with Crippen LogP contribution in [0.4, 0.5) is 0 Å². The van der Waals surface area contributed by atoms with Crippen molar-refractivity contribution in [2.24, 2.45) is 0 Å². The van der Waals surface area contributed by atoms with E-state index in [0.717, 1.165) is 12.0 Å². The van der Waals surface area contributed by atoms with Gasteiger partial charge in [0.15, 0.2) is 11.9 Å². The molecule has 0 aliphatic carbocycles. The van der Waals surface area contributed by atoms with Crippen molar-refractivity contribution in [2.45, 2.75) is 32.3 Å². The molecule has 1 aromatic carbocycles. The lowest BCUT2D eigenvalue weighted by Gasteiger charge is -2.03. The van der Waals surface area contributed by atoms with E-state index in [2.05, 4.69) is 0 Å². The molecule has 4 nitrogen and oxygen atoms in total. The first-order chi connectivity index (χ1) is 8.11. The minimum absolute atomic E-state index is 0.0917. The molecule has 4 heteroatoms. The average Bonchev–Trinajstić information content (AvgIpc) is 2.71. The number of carbonyl (C=O) groups is 2. The maximum absolute atomic E-state index is 11.7. The Bertz CT molecular complexity index is 464. The highest BCUT2D eigenvalue weighted by molar-refractivity contribution is 5.96. The third kappa shape index (κ3) is 2.30. The lowest BCUT2D eigenvalue weighted by atomic mass is 10.0. The van der Waals surface area contributed by atoms with Gasteiger partial charge in [-0.15, -0.1) is 0 Å². The minimum Gasteiger partial charge on any atom is -0.478 e. The van der Waals surface area contributed by atoms with Crippen molar-refractivity contribution in [3.8, 4) is 5.75 Å². The van der Waals surface area contributed by atoms with Crippen molar-refractivity contribution in [1.29, 1.82) is 0 Å². The zero-order chi connectivity index (χ0) is 12.4. The SMILES string of the molecule is CCCC(=O)c1ccc2c(c1)CC(C(=O)O)O2. The fourth-order valence-electron chi connectivity index (χ4n) is 1.93. The number of carbonyl (C=O) groups excluding carboxylic acids is 1. The third-order valence-corrected chi connectivity index (χ3v) is 2.81. The zero-order valence-corrected chi connectivity index (χ0v) is 9.60. The summed E-state index contributed by atoms with van der Waals surface area (Å²) in [7, 11) is 0. The largest absolute Gasteiger partial charge is 0.478 e. The number of Topliss-reactive ketones (excluding diaryl/α,β-unsaturated/α-hetero) is 1. The molecule has 1 aliphatic rings. The van der Waals surface area contributed by atoms with Crippen LogP contribution in [0.3, 0.4) is 0 Å². The van der Waals surface area contributed by atoms with Gasteiger partial charge in [0, 0.05) is 18.4 Å². The standard InChI is InChI=1S/C13H14O4/c1-2-3-10(14)8-4-5-11-9(6-8)7-12(17-11)13(15)16/h4-6,12H,2-3,7H2,1H3,(H,15,16). The summed E-state index contributed by atoms with van der Waals surface area (Å²) in [5.74, 6) is -0.304. The van der Waals surface area contributed by atoms with E-state index in [-0.39, 0.29) is 5.78 Å². The van der Waals surface area contributed by atoms with Crippen LogP contribution in [0, 0.1) is 0 Å². The number of carboxylic acid groups (broad SMARTS) is 1. The smallest absolute Gasteiger partial charge is 0.345 e. The van der Waals surface area contributed by atoms with E-state index >= 15 is 0 Å². The van der Waals surface area contributed by atoms with Gasteiger partial charge in [0.1, 0.15) is 5.75 Å². The van der Waals surface area contributed by atoms with Gasteiger partial charge in [-0.25, -0.2) is 4.79 Å². The molecule has 1 unspecified atom stereocenters. The van der Waals surface area contributed by atoms with Crippen molar-refractivity contribution < 1.29 is 19.4 Å². The van der Waals surface area contributed by atoms with Crippen molar-refractivity contribution in [3.63, 3.8) is 0 Å². The molecule has 0 radical (unpaired) electrons. The number of aliphatic carboxylic acids is 1. The number of benzene rings is 1. The molecule has 0 bridgehead atoms. The second-order valence-corrected chi connectivity index (χ2v) is 4.14. The van der Waals surface area contributed by atoms with E-state index in [1.807, 2.05) is 6.92 Å². The lowest BCUT2D eigenvalue weighted by Crippen LogP contribution is -2.24. The second kappa shape index (κ2) is 4.57. The highest BCUT2D eigenvalue weighted by atomic mass is 16.5. The quantitative estimate of drug-likeness (QED) is 0.810. The number of hydrogen-bond acceptors (Lipinski definition) is 3. The average molecular weight is 234 g/mol. The van der Waals surface area contributed by atoms with Crippen molar-refractivity contribution in [1.82, 2.24) is 0 Å². The van der Waals surface area contributed by atoms with Crippen molar-refractivity contribution in [3.05, 3.63) is 29.3 Å². The third-order valence-electron chi connectivity index (χ3n) is 2.81. The summed E-state index contributed by atoms with van der Waals surface area (Å²) < 4.78 is 5.25. The Morgan fingerprint density at radius 1 is 1.47 bits per heavy atom. The molecule has 2 rings (SSSR count). The monoisotopic (exact) mass is 234 g/mol. The van der Waals surface area contributed by atoms with Crippen LogP contribution in [-0.2, 0) is 11.2 Å². The number of ether oxygens (including phenoxy) is 1. The first-order valence-electron chi connectivity index (χ1n) is 5.67. The summed E-state index contributed by atoms with van der Waals surface area (Å²) in [5.41, 5.74) is 1.44. The molecular weight excluding hydrogens is 220 g/mol. The molecule has 0 amide bonds. The number of ketones is 1. The van der Waals surface area contributed by atoms with Gasteiger partial charge in [0.05, 0.1) is 0 Å². The highest BCUT2D eigenvalue weighted by Gasteiger charge is 2.29. The Labute approximate surface area is 99.2 Å². The van der Waals surface area contributed by atoms with Crippen molar-refractivity contribution in [2.75, 3.05) is 0 Å². The van der Waals surface area contributed by atoms with Crippen LogP contribution < -0.4 is 4.74 Å². The van der Waals surface area contributed by atoms with Gasteiger partial charge in [-0.05, 0) is 30.2 Å².